The van der Waals surface area contributed by atoms with Crippen molar-refractivity contribution in [2.45, 2.75) is 25.4 Å². The summed E-state index contributed by atoms with van der Waals surface area (Å²) in [7, 11) is 0. The van der Waals surface area contributed by atoms with E-state index in [0.717, 1.165) is 36.0 Å². The highest BCUT2D eigenvalue weighted by atomic mass is 16.5. The maximum atomic E-state index is 10.1. The number of phenols is 1. The zero-order valence-corrected chi connectivity index (χ0v) is 11.1. The summed E-state index contributed by atoms with van der Waals surface area (Å²) in [5.41, 5.74) is 0.981. The van der Waals surface area contributed by atoms with E-state index < -0.39 is 0 Å². The predicted octanol–water partition coefficient (Wildman–Crippen LogP) is 2.81. The number of fused-ring (bicyclic) bond motifs is 1. The molecular weight excluding hydrogens is 238 g/mol. The van der Waals surface area contributed by atoms with E-state index in [0.29, 0.717) is 12.3 Å². The molecule has 0 radical (unpaired) electrons. The summed E-state index contributed by atoms with van der Waals surface area (Å²) < 4.78 is 5.44. The minimum atomic E-state index is 0.0172. The van der Waals surface area contributed by atoms with Gasteiger partial charge in [-0.3, -0.25) is 0 Å². The van der Waals surface area contributed by atoms with Crippen LogP contribution in [0.15, 0.2) is 36.4 Å². The van der Waals surface area contributed by atoms with Crippen LogP contribution < -0.4 is 5.32 Å². The quantitative estimate of drug-likeness (QED) is 0.888. The van der Waals surface area contributed by atoms with Crippen LogP contribution in [0.3, 0.4) is 0 Å². The van der Waals surface area contributed by atoms with E-state index in [1.807, 2.05) is 18.2 Å². The van der Waals surface area contributed by atoms with E-state index >= 15 is 0 Å². The van der Waals surface area contributed by atoms with Crippen molar-refractivity contribution < 1.29 is 9.84 Å². The number of ether oxygens (including phenoxy) is 1. The third-order valence-corrected chi connectivity index (χ3v) is 3.93. The minimum absolute atomic E-state index is 0.0172. The fourth-order valence-electron chi connectivity index (χ4n) is 2.62. The normalized spacial score (nSPS) is 23.0. The van der Waals surface area contributed by atoms with Gasteiger partial charge in [0.05, 0.1) is 6.61 Å². The third-order valence-electron chi connectivity index (χ3n) is 3.93. The van der Waals surface area contributed by atoms with E-state index in [1.165, 1.54) is 0 Å². The van der Waals surface area contributed by atoms with Crippen molar-refractivity contribution >= 4 is 10.8 Å². The van der Waals surface area contributed by atoms with E-state index in [4.69, 9.17) is 4.74 Å². The number of rotatable bonds is 3. The molecule has 0 bridgehead atoms. The first-order valence-corrected chi connectivity index (χ1v) is 6.70. The monoisotopic (exact) mass is 257 g/mol. The van der Waals surface area contributed by atoms with Crippen molar-refractivity contribution in [2.24, 2.45) is 0 Å². The van der Waals surface area contributed by atoms with Crippen LogP contribution >= 0.6 is 0 Å². The Morgan fingerprint density at radius 3 is 2.89 bits per heavy atom. The lowest BCUT2D eigenvalue weighted by atomic mass is 9.99. The summed E-state index contributed by atoms with van der Waals surface area (Å²) in [6, 6.07) is 11.9. The summed E-state index contributed by atoms with van der Waals surface area (Å²) in [5.74, 6) is 0.355. The molecule has 1 saturated heterocycles. The molecule has 2 N–H and O–H groups in total. The molecule has 1 unspecified atom stereocenters. The molecule has 19 heavy (non-hydrogen) atoms. The van der Waals surface area contributed by atoms with Crippen LogP contribution in [-0.2, 0) is 11.3 Å². The first-order chi connectivity index (χ1) is 9.18. The Bertz CT molecular complexity index is 588. The minimum Gasteiger partial charge on any atom is -0.508 e. The lowest BCUT2D eigenvalue weighted by Crippen LogP contribution is -2.42. The molecule has 1 atom stereocenters. The van der Waals surface area contributed by atoms with E-state index in [-0.39, 0.29) is 5.54 Å². The molecule has 0 saturated carbocycles. The average Bonchev–Trinajstić information content (AvgIpc) is 2.85. The Balaban J connectivity index is 1.89. The molecule has 3 nitrogen and oxygen atoms in total. The first kappa shape index (κ1) is 12.5. The fraction of sp³-hybridized carbons (Fsp3) is 0.375. The third kappa shape index (κ3) is 2.44. The molecule has 3 rings (SSSR count). The molecule has 0 aliphatic carbocycles. The van der Waals surface area contributed by atoms with Gasteiger partial charge in [0.15, 0.2) is 0 Å². The number of aromatic hydroxyl groups is 1. The van der Waals surface area contributed by atoms with Crippen LogP contribution in [0.1, 0.15) is 18.9 Å². The Morgan fingerprint density at radius 1 is 1.26 bits per heavy atom. The van der Waals surface area contributed by atoms with Crippen molar-refractivity contribution in [1.29, 1.82) is 0 Å². The van der Waals surface area contributed by atoms with E-state index in [1.54, 1.807) is 6.07 Å². The highest BCUT2D eigenvalue weighted by Gasteiger charge is 2.29. The standard InChI is InChI=1S/C16H19NO2/c1-16(8-9-19-11-16)17-10-14-13-5-3-2-4-12(13)6-7-15(14)18/h2-7,17-18H,8-11H2,1H3. The van der Waals surface area contributed by atoms with Crippen molar-refractivity contribution in [3.05, 3.63) is 42.0 Å². The van der Waals surface area contributed by atoms with Gasteiger partial charge in [-0.15, -0.1) is 0 Å². The predicted molar refractivity (Wildman–Crippen MR) is 76.3 cm³/mol. The van der Waals surface area contributed by atoms with Gasteiger partial charge in [-0.25, -0.2) is 0 Å². The summed E-state index contributed by atoms with van der Waals surface area (Å²) in [6.45, 7) is 4.37. The van der Waals surface area contributed by atoms with Gasteiger partial charge in [-0.05, 0) is 30.2 Å². The second-order valence-electron chi connectivity index (χ2n) is 5.50. The van der Waals surface area contributed by atoms with Crippen molar-refractivity contribution in [3.63, 3.8) is 0 Å². The average molecular weight is 257 g/mol. The highest BCUT2D eigenvalue weighted by molar-refractivity contribution is 5.87. The smallest absolute Gasteiger partial charge is 0.120 e. The number of hydrogen-bond acceptors (Lipinski definition) is 3. The zero-order valence-electron chi connectivity index (χ0n) is 11.1. The molecule has 0 aromatic heterocycles. The number of hydrogen-bond donors (Lipinski definition) is 2. The van der Waals surface area contributed by atoms with Gasteiger partial charge in [-0.1, -0.05) is 30.3 Å². The van der Waals surface area contributed by atoms with Gasteiger partial charge in [0.2, 0.25) is 0 Å². The molecule has 100 valence electrons. The molecule has 3 heteroatoms. The number of nitrogens with one attached hydrogen (secondary N) is 1. The lowest BCUT2D eigenvalue weighted by Gasteiger charge is -2.24. The maximum Gasteiger partial charge on any atom is 0.120 e. The molecule has 0 spiro atoms. The summed E-state index contributed by atoms with van der Waals surface area (Å²) in [4.78, 5) is 0. The van der Waals surface area contributed by atoms with Crippen LogP contribution in [-0.4, -0.2) is 23.9 Å². The maximum absolute atomic E-state index is 10.1. The van der Waals surface area contributed by atoms with Gasteiger partial charge < -0.3 is 15.2 Å². The Hall–Kier alpha value is -1.58. The van der Waals surface area contributed by atoms with Crippen LogP contribution in [0.4, 0.5) is 0 Å². The van der Waals surface area contributed by atoms with Gasteiger partial charge >= 0.3 is 0 Å². The van der Waals surface area contributed by atoms with E-state index in [9.17, 15) is 5.11 Å². The Morgan fingerprint density at radius 2 is 2.11 bits per heavy atom. The number of benzene rings is 2. The SMILES string of the molecule is CC1(NCc2c(O)ccc3ccccc23)CCOC1. The molecule has 1 aliphatic rings. The zero-order chi connectivity index (χ0) is 13.3. The summed E-state index contributed by atoms with van der Waals surface area (Å²) in [6.07, 6.45) is 1.01. The van der Waals surface area contributed by atoms with Gasteiger partial charge in [0.25, 0.3) is 0 Å². The molecule has 1 aliphatic heterocycles. The Labute approximate surface area is 113 Å². The Kier molecular flexibility index (Phi) is 3.17. The van der Waals surface area contributed by atoms with Crippen molar-refractivity contribution in [3.8, 4) is 5.75 Å². The van der Waals surface area contributed by atoms with Crippen LogP contribution in [0, 0.1) is 0 Å². The first-order valence-electron chi connectivity index (χ1n) is 6.70. The lowest BCUT2D eigenvalue weighted by molar-refractivity contribution is 0.171. The van der Waals surface area contributed by atoms with Gasteiger partial charge in [0.1, 0.15) is 5.75 Å². The molecule has 1 heterocycles. The largest absolute Gasteiger partial charge is 0.508 e. The van der Waals surface area contributed by atoms with Crippen LogP contribution in [0.25, 0.3) is 10.8 Å². The summed E-state index contributed by atoms with van der Waals surface area (Å²) >= 11 is 0. The number of phenolic OH excluding ortho intramolecular Hbond substituents is 1. The molecule has 0 amide bonds. The highest BCUT2D eigenvalue weighted by Crippen LogP contribution is 2.28. The molecule has 1 fully saturated rings. The topological polar surface area (TPSA) is 41.5 Å². The second kappa shape index (κ2) is 4.83. The summed E-state index contributed by atoms with van der Waals surface area (Å²) in [5, 5.41) is 15.9. The fourth-order valence-corrected chi connectivity index (χ4v) is 2.62. The van der Waals surface area contributed by atoms with E-state index in [2.05, 4.69) is 24.4 Å². The molecule has 2 aromatic rings. The molecular formula is C16H19NO2. The van der Waals surface area contributed by atoms with Gasteiger partial charge in [0, 0.05) is 24.3 Å². The van der Waals surface area contributed by atoms with Gasteiger partial charge in [-0.2, -0.15) is 0 Å². The molecule has 2 aromatic carbocycles. The van der Waals surface area contributed by atoms with Crippen molar-refractivity contribution in [1.82, 2.24) is 5.32 Å². The van der Waals surface area contributed by atoms with Crippen LogP contribution in [0.2, 0.25) is 0 Å². The van der Waals surface area contributed by atoms with Crippen molar-refractivity contribution in [2.75, 3.05) is 13.2 Å². The van der Waals surface area contributed by atoms with Crippen LogP contribution in [0.5, 0.6) is 5.75 Å². The second-order valence-corrected chi connectivity index (χ2v) is 5.50.